The first kappa shape index (κ1) is 18.7. The first-order valence-corrected chi connectivity index (χ1v) is 7.73. The van der Waals surface area contributed by atoms with Crippen molar-refractivity contribution in [2.75, 3.05) is 0 Å². The Bertz CT molecular complexity index is 558. The number of hydrogen-bond acceptors (Lipinski definition) is 2. The summed E-state index contributed by atoms with van der Waals surface area (Å²) in [5, 5.41) is 0. The molecule has 2 rings (SSSR count). The van der Waals surface area contributed by atoms with Gasteiger partial charge in [0, 0.05) is 6.07 Å². The Morgan fingerprint density at radius 2 is 1.79 bits per heavy atom. The molecule has 2 unspecified atom stereocenters. The predicted octanol–water partition coefficient (Wildman–Crippen LogP) is 5.91. The topological polar surface area (TPSA) is 18.5 Å². The van der Waals surface area contributed by atoms with Crippen LogP contribution in [0.15, 0.2) is 18.2 Å². The first-order valence-electron chi connectivity index (χ1n) is 7.73. The highest BCUT2D eigenvalue weighted by atomic mass is 19.4. The van der Waals surface area contributed by atoms with Gasteiger partial charge in [0.15, 0.2) is 11.6 Å². The highest BCUT2D eigenvalue weighted by molar-refractivity contribution is 5.33. The van der Waals surface area contributed by atoms with Gasteiger partial charge >= 0.3 is 12.5 Å². The number of alkyl halides is 5. The van der Waals surface area contributed by atoms with Crippen LogP contribution in [0, 0.1) is 17.7 Å². The lowest BCUT2D eigenvalue weighted by molar-refractivity contribution is -0.275. The van der Waals surface area contributed by atoms with Crippen LogP contribution in [0.1, 0.15) is 39.0 Å². The first-order chi connectivity index (χ1) is 11.1. The SMILES string of the molecule is CCCC1CCC(C(F)(F)Oc2ccc(OC(F)(F)F)c(F)c2)C1. The maximum atomic E-state index is 14.2. The molecule has 24 heavy (non-hydrogen) atoms. The van der Waals surface area contributed by atoms with Gasteiger partial charge in [0.2, 0.25) is 0 Å². The van der Waals surface area contributed by atoms with Crippen LogP contribution in [0.5, 0.6) is 11.5 Å². The number of hydrogen-bond donors (Lipinski definition) is 0. The van der Waals surface area contributed by atoms with Gasteiger partial charge in [0.25, 0.3) is 0 Å². The monoisotopic (exact) mass is 356 g/mol. The van der Waals surface area contributed by atoms with Crippen LogP contribution in [0.2, 0.25) is 0 Å². The second-order valence-electron chi connectivity index (χ2n) is 5.97. The molecular formula is C16H18F6O2. The maximum Gasteiger partial charge on any atom is 0.573 e. The standard InChI is InChI=1S/C16H18F6O2/c1-2-3-10-4-5-11(8-10)15(18,19)23-12-6-7-14(13(17)9-12)24-16(20,21)22/h6-7,9-11H,2-5,8H2,1H3. The van der Waals surface area contributed by atoms with Crippen LogP contribution in [-0.2, 0) is 0 Å². The summed E-state index contributed by atoms with van der Waals surface area (Å²) < 4.78 is 86.1. The molecule has 0 N–H and O–H groups in total. The fourth-order valence-electron chi connectivity index (χ4n) is 3.04. The van der Waals surface area contributed by atoms with Crippen molar-refractivity contribution in [1.29, 1.82) is 0 Å². The Morgan fingerprint density at radius 3 is 2.38 bits per heavy atom. The molecule has 1 aliphatic carbocycles. The molecule has 0 amide bonds. The van der Waals surface area contributed by atoms with E-state index < -0.39 is 35.7 Å². The van der Waals surface area contributed by atoms with Gasteiger partial charge in [-0.1, -0.05) is 19.8 Å². The van der Waals surface area contributed by atoms with Gasteiger partial charge in [-0.3, -0.25) is 0 Å². The van der Waals surface area contributed by atoms with Gasteiger partial charge in [0.1, 0.15) is 5.75 Å². The zero-order chi connectivity index (χ0) is 18.0. The molecule has 1 saturated carbocycles. The van der Waals surface area contributed by atoms with Crippen molar-refractivity contribution in [3.8, 4) is 11.5 Å². The van der Waals surface area contributed by atoms with Crippen molar-refractivity contribution in [3.63, 3.8) is 0 Å². The molecule has 0 aromatic heterocycles. The molecule has 0 aliphatic heterocycles. The second-order valence-corrected chi connectivity index (χ2v) is 5.97. The molecule has 136 valence electrons. The molecular weight excluding hydrogens is 338 g/mol. The van der Waals surface area contributed by atoms with E-state index in [-0.39, 0.29) is 5.92 Å². The zero-order valence-corrected chi connectivity index (χ0v) is 13.0. The van der Waals surface area contributed by atoms with Gasteiger partial charge in [-0.05, 0) is 37.3 Å². The summed E-state index contributed by atoms with van der Waals surface area (Å²) in [5.74, 6) is -3.82. The van der Waals surface area contributed by atoms with Gasteiger partial charge in [-0.15, -0.1) is 13.2 Å². The number of ether oxygens (including phenoxy) is 2. The van der Waals surface area contributed by atoms with Crippen molar-refractivity contribution in [2.45, 2.75) is 51.5 Å². The minimum atomic E-state index is -5.06. The minimum absolute atomic E-state index is 0.216. The molecule has 1 aromatic carbocycles. The van der Waals surface area contributed by atoms with E-state index in [4.69, 9.17) is 0 Å². The average Bonchev–Trinajstić information content (AvgIpc) is 2.90. The van der Waals surface area contributed by atoms with E-state index in [2.05, 4.69) is 9.47 Å². The van der Waals surface area contributed by atoms with Crippen molar-refractivity contribution in [1.82, 2.24) is 0 Å². The third-order valence-electron chi connectivity index (χ3n) is 4.10. The molecule has 0 spiro atoms. The Labute approximate surface area is 135 Å². The van der Waals surface area contributed by atoms with Crippen molar-refractivity contribution in [3.05, 3.63) is 24.0 Å². The molecule has 8 heteroatoms. The Hall–Kier alpha value is -1.60. The van der Waals surface area contributed by atoms with E-state index in [0.717, 1.165) is 18.9 Å². The molecule has 0 saturated heterocycles. The Morgan fingerprint density at radius 1 is 1.08 bits per heavy atom. The summed E-state index contributed by atoms with van der Waals surface area (Å²) in [6, 6.07) is 1.91. The lowest BCUT2D eigenvalue weighted by Gasteiger charge is -2.24. The van der Waals surface area contributed by atoms with E-state index in [1.807, 2.05) is 6.92 Å². The fraction of sp³-hybridized carbons (Fsp3) is 0.625. The van der Waals surface area contributed by atoms with Crippen molar-refractivity contribution >= 4 is 0 Å². The maximum absolute atomic E-state index is 14.2. The van der Waals surface area contributed by atoms with Crippen LogP contribution in [0.25, 0.3) is 0 Å². The molecule has 2 atom stereocenters. The molecule has 0 bridgehead atoms. The molecule has 1 aromatic rings. The Balaban J connectivity index is 2.03. The number of benzene rings is 1. The normalized spacial score (nSPS) is 21.8. The molecule has 1 aliphatic rings. The summed E-state index contributed by atoms with van der Waals surface area (Å²) in [4.78, 5) is 0. The van der Waals surface area contributed by atoms with Gasteiger partial charge < -0.3 is 9.47 Å². The third-order valence-corrected chi connectivity index (χ3v) is 4.10. The van der Waals surface area contributed by atoms with E-state index in [1.165, 1.54) is 0 Å². The van der Waals surface area contributed by atoms with Crippen molar-refractivity contribution in [2.24, 2.45) is 11.8 Å². The summed E-state index contributed by atoms with van der Waals surface area (Å²) in [6.45, 7) is 1.98. The van der Waals surface area contributed by atoms with Gasteiger partial charge in [-0.2, -0.15) is 8.78 Å². The fourth-order valence-corrected chi connectivity index (χ4v) is 3.04. The lowest BCUT2D eigenvalue weighted by Crippen LogP contribution is -2.33. The zero-order valence-electron chi connectivity index (χ0n) is 13.0. The summed E-state index contributed by atoms with van der Waals surface area (Å²) in [6.07, 6.45) is -5.48. The quantitative estimate of drug-likeness (QED) is 0.590. The smallest absolute Gasteiger partial charge is 0.432 e. The summed E-state index contributed by atoms with van der Waals surface area (Å²) in [5.41, 5.74) is 0. The average molecular weight is 356 g/mol. The van der Waals surface area contributed by atoms with E-state index >= 15 is 0 Å². The van der Waals surface area contributed by atoms with Crippen LogP contribution in [-0.4, -0.2) is 12.5 Å². The summed E-state index contributed by atoms with van der Waals surface area (Å²) in [7, 11) is 0. The second kappa shape index (κ2) is 7.11. The third kappa shape index (κ3) is 4.95. The molecule has 0 radical (unpaired) electrons. The van der Waals surface area contributed by atoms with Crippen LogP contribution < -0.4 is 9.47 Å². The Kier molecular flexibility index (Phi) is 5.55. The lowest BCUT2D eigenvalue weighted by atomic mass is 10.00. The molecule has 1 fully saturated rings. The number of rotatable bonds is 6. The highest BCUT2D eigenvalue weighted by Crippen LogP contribution is 2.43. The van der Waals surface area contributed by atoms with E-state index in [1.54, 1.807) is 0 Å². The van der Waals surface area contributed by atoms with Crippen molar-refractivity contribution < 1.29 is 35.8 Å². The number of halogens is 6. The van der Waals surface area contributed by atoms with Crippen LogP contribution in [0.4, 0.5) is 26.3 Å². The van der Waals surface area contributed by atoms with E-state index in [0.29, 0.717) is 31.4 Å². The van der Waals surface area contributed by atoms with E-state index in [9.17, 15) is 26.3 Å². The summed E-state index contributed by atoms with van der Waals surface area (Å²) >= 11 is 0. The molecule has 0 heterocycles. The van der Waals surface area contributed by atoms with Gasteiger partial charge in [0.05, 0.1) is 5.92 Å². The minimum Gasteiger partial charge on any atom is -0.432 e. The largest absolute Gasteiger partial charge is 0.573 e. The van der Waals surface area contributed by atoms with Crippen LogP contribution >= 0.6 is 0 Å². The van der Waals surface area contributed by atoms with Gasteiger partial charge in [-0.25, -0.2) is 4.39 Å². The predicted molar refractivity (Wildman–Crippen MR) is 74.4 cm³/mol. The highest BCUT2D eigenvalue weighted by Gasteiger charge is 2.46. The molecule has 2 nitrogen and oxygen atoms in total. The van der Waals surface area contributed by atoms with Crippen LogP contribution in [0.3, 0.4) is 0 Å².